The lowest BCUT2D eigenvalue weighted by molar-refractivity contribution is -0.120. The smallest absolute Gasteiger partial charge is 0.339 e. The third kappa shape index (κ3) is 4.86. The zero-order valence-corrected chi connectivity index (χ0v) is 19.0. The Balaban J connectivity index is 1.81. The maximum absolute atomic E-state index is 13.3. The number of esters is 1. The summed E-state index contributed by atoms with van der Waals surface area (Å²) in [5.74, 6) is -0.932. The van der Waals surface area contributed by atoms with E-state index >= 15 is 0 Å². The van der Waals surface area contributed by atoms with Crippen LogP contribution in [0.2, 0.25) is 0 Å². The SMILES string of the molecule is COC(=O)c1ccccc1NC(=O)[C@H]1CCCN(S(=O)(=O)c2cc(OC)ccc2OC)C1. The lowest BCUT2D eigenvalue weighted by Crippen LogP contribution is -2.43. The van der Waals surface area contributed by atoms with Crippen molar-refractivity contribution in [3.8, 4) is 11.5 Å². The van der Waals surface area contributed by atoms with Crippen LogP contribution >= 0.6 is 0 Å². The van der Waals surface area contributed by atoms with Gasteiger partial charge in [-0.2, -0.15) is 4.31 Å². The molecule has 1 fully saturated rings. The van der Waals surface area contributed by atoms with Crippen LogP contribution in [0.4, 0.5) is 5.69 Å². The van der Waals surface area contributed by atoms with Crippen LogP contribution in [-0.2, 0) is 19.6 Å². The number of carbonyl (C=O) groups excluding carboxylic acids is 2. The first-order valence-electron chi connectivity index (χ1n) is 10.0. The van der Waals surface area contributed by atoms with Crippen LogP contribution in [0.1, 0.15) is 23.2 Å². The standard InChI is InChI=1S/C22H26N2O7S/c1-29-16-10-11-19(30-2)20(13-16)32(27,28)24-12-6-7-15(14-24)21(25)23-18-9-5-4-8-17(18)22(26)31-3/h4-5,8-11,13,15H,6-7,12,14H2,1-3H3,(H,23,25)/t15-/m0/s1. The molecule has 0 unspecified atom stereocenters. The van der Waals surface area contributed by atoms with Crippen LogP contribution in [0.25, 0.3) is 0 Å². The van der Waals surface area contributed by atoms with E-state index in [-0.39, 0.29) is 35.2 Å². The molecule has 2 aromatic carbocycles. The molecule has 1 aliphatic heterocycles. The first-order valence-corrected chi connectivity index (χ1v) is 11.5. The summed E-state index contributed by atoms with van der Waals surface area (Å²) in [7, 11) is 0.178. The molecule has 1 saturated heterocycles. The second-order valence-electron chi connectivity index (χ2n) is 7.25. The highest BCUT2D eigenvalue weighted by Crippen LogP contribution is 2.33. The van der Waals surface area contributed by atoms with Gasteiger partial charge in [-0.3, -0.25) is 4.79 Å². The number of nitrogens with one attached hydrogen (secondary N) is 1. The zero-order valence-electron chi connectivity index (χ0n) is 18.2. The van der Waals surface area contributed by atoms with Crippen LogP contribution in [0.5, 0.6) is 11.5 Å². The van der Waals surface area contributed by atoms with Crippen molar-refractivity contribution < 1.29 is 32.2 Å². The third-order valence-electron chi connectivity index (χ3n) is 5.33. The summed E-state index contributed by atoms with van der Waals surface area (Å²) >= 11 is 0. The molecule has 10 heteroatoms. The molecular weight excluding hydrogens is 436 g/mol. The van der Waals surface area contributed by atoms with Crippen molar-refractivity contribution in [2.75, 3.05) is 39.7 Å². The molecule has 1 amide bonds. The number of ether oxygens (including phenoxy) is 3. The van der Waals surface area contributed by atoms with Gasteiger partial charge in [-0.25, -0.2) is 13.2 Å². The molecule has 0 saturated carbocycles. The fourth-order valence-electron chi connectivity index (χ4n) is 3.61. The molecule has 0 spiro atoms. The van der Waals surface area contributed by atoms with E-state index in [1.54, 1.807) is 30.3 Å². The number of benzene rings is 2. The quantitative estimate of drug-likeness (QED) is 0.630. The molecule has 0 radical (unpaired) electrons. The van der Waals surface area contributed by atoms with Crippen molar-refractivity contribution in [3.05, 3.63) is 48.0 Å². The molecule has 0 aromatic heterocycles. The second kappa shape index (κ2) is 10.0. The van der Waals surface area contributed by atoms with Crippen molar-refractivity contribution in [2.45, 2.75) is 17.7 Å². The Morgan fingerprint density at radius 3 is 2.50 bits per heavy atom. The molecule has 1 N–H and O–H groups in total. The topological polar surface area (TPSA) is 111 Å². The van der Waals surface area contributed by atoms with Crippen LogP contribution in [-0.4, -0.2) is 59.0 Å². The molecule has 32 heavy (non-hydrogen) atoms. The number of amides is 1. The Hall–Kier alpha value is -3.11. The minimum Gasteiger partial charge on any atom is -0.497 e. The number of hydrogen-bond donors (Lipinski definition) is 1. The molecule has 0 bridgehead atoms. The average molecular weight is 463 g/mol. The Kier molecular flexibility index (Phi) is 7.37. The van der Waals surface area contributed by atoms with Crippen LogP contribution in [0, 0.1) is 5.92 Å². The van der Waals surface area contributed by atoms with E-state index in [1.165, 1.54) is 37.8 Å². The van der Waals surface area contributed by atoms with Gasteiger partial charge in [-0.1, -0.05) is 12.1 Å². The lowest BCUT2D eigenvalue weighted by atomic mass is 9.98. The van der Waals surface area contributed by atoms with Gasteiger partial charge in [0.15, 0.2) is 0 Å². The Morgan fingerprint density at radius 1 is 1.06 bits per heavy atom. The highest BCUT2D eigenvalue weighted by molar-refractivity contribution is 7.89. The number of piperidine rings is 1. The first kappa shape index (κ1) is 23.6. The van der Waals surface area contributed by atoms with Gasteiger partial charge in [0, 0.05) is 19.2 Å². The summed E-state index contributed by atoms with van der Waals surface area (Å²) in [5.41, 5.74) is 0.545. The maximum atomic E-state index is 13.3. The van der Waals surface area contributed by atoms with Crippen molar-refractivity contribution in [1.82, 2.24) is 4.31 Å². The van der Waals surface area contributed by atoms with Crippen molar-refractivity contribution in [1.29, 1.82) is 0 Å². The monoisotopic (exact) mass is 462 g/mol. The number of methoxy groups -OCH3 is 3. The van der Waals surface area contributed by atoms with Gasteiger partial charge < -0.3 is 19.5 Å². The summed E-state index contributed by atoms with van der Waals surface area (Å²) in [6.45, 7) is 0.292. The van der Waals surface area contributed by atoms with Crippen molar-refractivity contribution in [2.24, 2.45) is 5.92 Å². The predicted molar refractivity (Wildman–Crippen MR) is 117 cm³/mol. The van der Waals surface area contributed by atoms with E-state index in [9.17, 15) is 18.0 Å². The number of para-hydroxylation sites is 1. The van der Waals surface area contributed by atoms with Gasteiger partial charge in [0.05, 0.1) is 38.5 Å². The fourth-order valence-corrected chi connectivity index (χ4v) is 5.31. The van der Waals surface area contributed by atoms with Crippen molar-refractivity contribution >= 4 is 27.6 Å². The Labute approximate surface area is 187 Å². The van der Waals surface area contributed by atoms with Crippen LogP contribution in [0.15, 0.2) is 47.4 Å². The molecule has 172 valence electrons. The highest BCUT2D eigenvalue weighted by Gasteiger charge is 2.35. The van der Waals surface area contributed by atoms with Gasteiger partial charge in [0.25, 0.3) is 0 Å². The van der Waals surface area contributed by atoms with E-state index in [0.717, 1.165) is 0 Å². The molecule has 1 aliphatic rings. The molecule has 9 nitrogen and oxygen atoms in total. The van der Waals surface area contributed by atoms with E-state index in [2.05, 4.69) is 5.32 Å². The molecule has 2 aromatic rings. The first-order chi connectivity index (χ1) is 15.3. The highest BCUT2D eigenvalue weighted by atomic mass is 32.2. The Morgan fingerprint density at radius 2 is 1.81 bits per heavy atom. The molecule has 3 rings (SSSR count). The van der Waals surface area contributed by atoms with Gasteiger partial charge in [-0.15, -0.1) is 0 Å². The Bertz CT molecular complexity index is 1100. The van der Waals surface area contributed by atoms with Crippen LogP contribution in [0.3, 0.4) is 0 Å². The van der Waals surface area contributed by atoms with Gasteiger partial charge >= 0.3 is 5.97 Å². The summed E-state index contributed by atoms with van der Waals surface area (Å²) in [4.78, 5) is 24.9. The molecular formula is C22H26N2O7S. The van der Waals surface area contributed by atoms with Gasteiger partial charge in [0.2, 0.25) is 15.9 Å². The minimum absolute atomic E-state index is 0.00885. The van der Waals surface area contributed by atoms with Gasteiger partial charge in [0.1, 0.15) is 16.4 Å². The zero-order chi connectivity index (χ0) is 23.3. The van der Waals surface area contributed by atoms with Gasteiger partial charge in [-0.05, 0) is 37.1 Å². The second-order valence-corrected chi connectivity index (χ2v) is 9.15. The average Bonchev–Trinajstić information content (AvgIpc) is 2.83. The number of rotatable bonds is 7. The third-order valence-corrected chi connectivity index (χ3v) is 7.22. The van der Waals surface area contributed by atoms with E-state index in [4.69, 9.17) is 14.2 Å². The fraction of sp³-hybridized carbons (Fsp3) is 0.364. The summed E-state index contributed by atoms with van der Waals surface area (Å²) in [6.07, 6.45) is 1.04. The number of sulfonamides is 1. The summed E-state index contributed by atoms with van der Waals surface area (Å²) in [6, 6.07) is 11.1. The number of nitrogens with zero attached hydrogens (tertiary/aromatic N) is 1. The number of hydrogen-bond acceptors (Lipinski definition) is 7. The van der Waals surface area contributed by atoms with Crippen molar-refractivity contribution in [3.63, 3.8) is 0 Å². The molecule has 1 heterocycles. The number of carbonyl (C=O) groups is 2. The lowest BCUT2D eigenvalue weighted by Gasteiger charge is -2.31. The largest absolute Gasteiger partial charge is 0.497 e. The normalized spacial score (nSPS) is 16.8. The maximum Gasteiger partial charge on any atom is 0.339 e. The van der Waals surface area contributed by atoms with E-state index < -0.39 is 21.9 Å². The van der Waals surface area contributed by atoms with Crippen LogP contribution < -0.4 is 14.8 Å². The summed E-state index contributed by atoms with van der Waals surface area (Å²) in [5, 5.41) is 2.74. The van der Waals surface area contributed by atoms with E-state index in [0.29, 0.717) is 24.3 Å². The molecule has 1 atom stereocenters. The van der Waals surface area contributed by atoms with E-state index in [1.807, 2.05) is 0 Å². The minimum atomic E-state index is -3.93. The predicted octanol–water partition coefficient (Wildman–Crippen LogP) is 2.53. The molecule has 0 aliphatic carbocycles. The summed E-state index contributed by atoms with van der Waals surface area (Å²) < 4.78 is 43.1. The number of anilines is 1.